The summed E-state index contributed by atoms with van der Waals surface area (Å²) in [6.45, 7) is 11.2. The topological polar surface area (TPSA) is 18.5 Å². The smallest absolute Gasteiger partial charge is 0.188 e. The molecular weight excluding hydrogens is 272 g/mol. The lowest BCUT2D eigenvalue weighted by molar-refractivity contribution is -0.134. The Bertz CT molecular complexity index is 419. The molecule has 0 amide bonds. The van der Waals surface area contributed by atoms with Gasteiger partial charge in [0.2, 0.25) is 0 Å². The van der Waals surface area contributed by atoms with E-state index in [0.717, 1.165) is 37.4 Å². The van der Waals surface area contributed by atoms with Crippen molar-refractivity contribution in [1.29, 1.82) is 0 Å². The van der Waals surface area contributed by atoms with Gasteiger partial charge in [0, 0.05) is 6.42 Å². The van der Waals surface area contributed by atoms with E-state index < -0.39 is 0 Å². The molecule has 1 saturated carbocycles. The Morgan fingerprint density at radius 2 is 1.86 bits per heavy atom. The Hall–Kier alpha value is -0.340. The Morgan fingerprint density at radius 1 is 1.14 bits per heavy atom. The average molecular weight is 306 g/mol. The zero-order chi connectivity index (χ0) is 15.8. The number of ether oxygens (including phenoxy) is 2. The molecule has 1 aliphatic heterocycles. The molecule has 0 aromatic heterocycles. The minimum Gasteiger partial charge on any atom is -0.344 e. The van der Waals surface area contributed by atoms with E-state index in [2.05, 4.69) is 33.8 Å². The molecule has 1 heterocycles. The van der Waals surface area contributed by atoms with Crippen LogP contribution in [0.4, 0.5) is 0 Å². The molecule has 2 fully saturated rings. The molecule has 2 heteroatoms. The van der Waals surface area contributed by atoms with Gasteiger partial charge >= 0.3 is 0 Å². The maximum absolute atomic E-state index is 5.92. The summed E-state index contributed by atoms with van der Waals surface area (Å²) in [5.74, 6) is 2.18. The maximum Gasteiger partial charge on any atom is 0.188 e. The van der Waals surface area contributed by atoms with Gasteiger partial charge in [0.05, 0.1) is 13.2 Å². The van der Waals surface area contributed by atoms with Crippen molar-refractivity contribution in [3.8, 4) is 0 Å². The van der Waals surface area contributed by atoms with Crippen molar-refractivity contribution in [3.63, 3.8) is 0 Å². The molecular formula is C20H34O2. The van der Waals surface area contributed by atoms with E-state index >= 15 is 0 Å². The first-order valence-corrected chi connectivity index (χ1v) is 9.45. The molecule has 1 saturated heterocycles. The molecule has 2 aliphatic carbocycles. The summed E-state index contributed by atoms with van der Waals surface area (Å²) in [6, 6.07) is 0. The van der Waals surface area contributed by atoms with Crippen molar-refractivity contribution in [2.75, 3.05) is 13.2 Å². The van der Waals surface area contributed by atoms with Crippen molar-refractivity contribution >= 4 is 0 Å². The van der Waals surface area contributed by atoms with Crippen molar-refractivity contribution in [2.45, 2.75) is 78.4 Å². The zero-order valence-corrected chi connectivity index (χ0v) is 15.0. The molecule has 3 atom stereocenters. The lowest BCUT2D eigenvalue weighted by Crippen LogP contribution is -2.39. The van der Waals surface area contributed by atoms with Gasteiger partial charge in [-0.05, 0) is 48.5 Å². The van der Waals surface area contributed by atoms with Crippen molar-refractivity contribution in [1.82, 2.24) is 0 Å². The zero-order valence-electron chi connectivity index (χ0n) is 15.0. The molecule has 2 nitrogen and oxygen atoms in total. The van der Waals surface area contributed by atoms with Crippen LogP contribution < -0.4 is 0 Å². The molecule has 3 aliphatic rings. The van der Waals surface area contributed by atoms with Gasteiger partial charge in [-0.2, -0.15) is 0 Å². The normalized spacial score (nSPS) is 35.0. The predicted molar refractivity (Wildman–Crippen MR) is 90.6 cm³/mol. The second-order valence-corrected chi connectivity index (χ2v) is 8.54. The lowest BCUT2D eigenvalue weighted by atomic mass is 9.65. The number of fused-ring (bicyclic) bond motifs is 1. The third-order valence-corrected chi connectivity index (χ3v) is 6.57. The number of hydrogen-bond acceptors (Lipinski definition) is 2. The van der Waals surface area contributed by atoms with E-state index in [1.54, 1.807) is 5.57 Å². The van der Waals surface area contributed by atoms with Gasteiger partial charge < -0.3 is 9.47 Å². The standard InChI is InChI=1S/C20H34O2/c1-15(2)6-5-7-16(3)18-9-8-17-14-20(21-12-13-22-20)11-10-19(17,18)4/h14-16,18H,5-13H2,1-4H3/t16-,18-,19+/m0/s1. The summed E-state index contributed by atoms with van der Waals surface area (Å²) in [6.07, 6.45) is 11.4. The predicted octanol–water partition coefficient (Wildman–Crippen LogP) is 5.33. The Kier molecular flexibility index (Phi) is 4.71. The third-order valence-electron chi connectivity index (χ3n) is 6.57. The summed E-state index contributed by atoms with van der Waals surface area (Å²) in [5, 5.41) is 0. The molecule has 22 heavy (non-hydrogen) atoms. The summed E-state index contributed by atoms with van der Waals surface area (Å²) < 4.78 is 11.8. The van der Waals surface area contributed by atoms with Crippen LogP contribution in [-0.4, -0.2) is 19.0 Å². The van der Waals surface area contributed by atoms with Crippen molar-refractivity contribution in [2.24, 2.45) is 23.2 Å². The second kappa shape index (κ2) is 6.28. The van der Waals surface area contributed by atoms with Crippen LogP contribution >= 0.6 is 0 Å². The van der Waals surface area contributed by atoms with Crippen LogP contribution in [0.1, 0.15) is 72.6 Å². The molecule has 3 rings (SSSR count). The number of hydrogen-bond donors (Lipinski definition) is 0. The van der Waals surface area contributed by atoms with E-state index in [4.69, 9.17) is 9.47 Å². The van der Waals surface area contributed by atoms with Crippen LogP contribution in [0, 0.1) is 23.2 Å². The summed E-state index contributed by atoms with van der Waals surface area (Å²) in [4.78, 5) is 0. The minimum atomic E-state index is -0.357. The first-order chi connectivity index (χ1) is 10.5. The van der Waals surface area contributed by atoms with Gasteiger partial charge in [-0.15, -0.1) is 0 Å². The van der Waals surface area contributed by atoms with Crippen LogP contribution in [-0.2, 0) is 9.47 Å². The highest BCUT2D eigenvalue weighted by atomic mass is 16.7. The molecule has 0 unspecified atom stereocenters. The van der Waals surface area contributed by atoms with Gasteiger partial charge in [-0.25, -0.2) is 0 Å². The Labute approximate surface area is 136 Å². The summed E-state index contributed by atoms with van der Waals surface area (Å²) in [5.41, 5.74) is 2.03. The van der Waals surface area contributed by atoms with Gasteiger partial charge in [0.15, 0.2) is 5.79 Å². The van der Waals surface area contributed by atoms with E-state index in [1.807, 2.05) is 0 Å². The van der Waals surface area contributed by atoms with Gasteiger partial charge in [-0.3, -0.25) is 0 Å². The highest BCUT2D eigenvalue weighted by Gasteiger charge is 2.51. The third kappa shape index (κ3) is 3.01. The van der Waals surface area contributed by atoms with Crippen LogP contribution in [0.3, 0.4) is 0 Å². The second-order valence-electron chi connectivity index (χ2n) is 8.54. The van der Waals surface area contributed by atoms with Crippen molar-refractivity contribution in [3.05, 3.63) is 11.6 Å². The molecule has 0 bridgehead atoms. The Morgan fingerprint density at radius 3 is 2.55 bits per heavy atom. The van der Waals surface area contributed by atoms with Crippen LogP contribution in [0.25, 0.3) is 0 Å². The first-order valence-electron chi connectivity index (χ1n) is 9.45. The minimum absolute atomic E-state index is 0.357. The van der Waals surface area contributed by atoms with Gasteiger partial charge in [0.25, 0.3) is 0 Å². The largest absolute Gasteiger partial charge is 0.344 e. The fraction of sp³-hybridized carbons (Fsp3) is 0.900. The van der Waals surface area contributed by atoms with Crippen molar-refractivity contribution < 1.29 is 9.47 Å². The van der Waals surface area contributed by atoms with Gasteiger partial charge in [-0.1, -0.05) is 52.5 Å². The Balaban J connectivity index is 1.66. The lowest BCUT2D eigenvalue weighted by Gasteiger charge is -2.43. The van der Waals surface area contributed by atoms with Gasteiger partial charge in [0.1, 0.15) is 0 Å². The monoisotopic (exact) mass is 306 g/mol. The summed E-state index contributed by atoms with van der Waals surface area (Å²) >= 11 is 0. The molecule has 0 aromatic carbocycles. The molecule has 1 spiro atoms. The van der Waals surface area contributed by atoms with E-state index in [1.165, 1.54) is 38.5 Å². The average Bonchev–Trinajstić information content (AvgIpc) is 3.04. The fourth-order valence-corrected chi connectivity index (χ4v) is 5.17. The first kappa shape index (κ1) is 16.5. The molecule has 0 N–H and O–H groups in total. The number of rotatable bonds is 5. The molecule has 126 valence electrons. The maximum atomic E-state index is 5.92. The summed E-state index contributed by atoms with van der Waals surface area (Å²) in [7, 11) is 0. The highest BCUT2D eigenvalue weighted by Crippen LogP contribution is 2.58. The quantitative estimate of drug-likeness (QED) is 0.639. The van der Waals surface area contributed by atoms with Crippen LogP contribution in [0.15, 0.2) is 11.6 Å². The van der Waals surface area contributed by atoms with E-state index in [0.29, 0.717) is 5.41 Å². The molecule has 0 aromatic rings. The van der Waals surface area contributed by atoms with E-state index in [9.17, 15) is 0 Å². The number of allylic oxidation sites excluding steroid dienone is 1. The SMILES string of the molecule is CC(C)CCC[C@H](C)[C@@H]1CCC2=CC3(CC[C@]21C)OCCO3. The van der Waals surface area contributed by atoms with Crippen LogP contribution in [0.5, 0.6) is 0 Å². The fourth-order valence-electron chi connectivity index (χ4n) is 5.17. The van der Waals surface area contributed by atoms with E-state index in [-0.39, 0.29) is 5.79 Å². The van der Waals surface area contributed by atoms with Crippen LogP contribution in [0.2, 0.25) is 0 Å². The highest BCUT2D eigenvalue weighted by molar-refractivity contribution is 5.27. The molecule has 0 radical (unpaired) electrons.